The van der Waals surface area contributed by atoms with Crippen LogP contribution in [0.1, 0.15) is 17.3 Å². The normalized spacial score (nSPS) is 11.5. The van der Waals surface area contributed by atoms with Gasteiger partial charge in [0, 0.05) is 16.1 Å². The van der Waals surface area contributed by atoms with Gasteiger partial charge in [-0.3, -0.25) is 9.59 Å². The highest BCUT2D eigenvalue weighted by atomic mass is 79.9. The van der Waals surface area contributed by atoms with E-state index in [9.17, 15) is 18.4 Å². The second kappa shape index (κ2) is 9.28. The lowest BCUT2D eigenvalue weighted by atomic mass is 10.2. The largest absolute Gasteiger partial charge is 0.488 e. The van der Waals surface area contributed by atoms with E-state index in [2.05, 4.69) is 26.6 Å². The Hall–Kier alpha value is -2.48. The van der Waals surface area contributed by atoms with Gasteiger partial charge in [-0.05, 0) is 37.3 Å². The van der Waals surface area contributed by atoms with Crippen LogP contribution < -0.4 is 15.4 Å². The lowest BCUT2D eigenvalue weighted by molar-refractivity contribution is -0.120. The van der Waals surface area contributed by atoms with Crippen LogP contribution >= 0.6 is 15.9 Å². The molecule has 2 aromatic rings. The number of ether oxygens (including phenoxy) is 1. The zero-order valence-electron chi connectivity index (χ0n) is 13.9. The monoisotopic (exact) mass is 426 g/mol. The molecule has 2 N–H and O–H groups in total. The van der Waals surface area contributed by atoms with Crippen molar-refractivity contribution in [3.8, 4) is 5.75 Å². The number of rotatable bonds is 7. The smallest absolute Gasteiger partial charge is 0.251 e. The van der Waals surface area contributed by atoms with Crippen molar-refractivity contribution in [1.82, 2.24) is 10.6 Å². The molecule has 0 aliphatic carbocycles. The van der Waals surface area contributed by atoms with Crippen molar-refractivity contribution in [2.75, 3.05) is 13.2 Å². The minimum atomic E-state index is -0.815. The zero-order chi connectivity index (χ0) is 19.1. The average molecular weight is 427 g/mol. The molecular formula is C18H17BrF2N2O3. The first kappa shape index (κ1) is 19.8. The Morgan fingerprint density at radius 3 is 2.65 bits per heavy atom. The van der Waals surface area contributed by atoms with Crippen LogP contribution in [-0.4, -0.2) is 31.0 Å². The number of hydrogen-bond acceptors (Lipinski definition) is 3. The highest BCUT2D eigenvalue weighted by Crippen LogP contribution is 2.17. The summed E-state index contributed by atoms with van der Waals surface area (Å²) >= 11 is 3.27. The first-order valence-electron chi connectivity index (χ1n) is 7.76. The fourth-order valence-electron chi connectivity index (χ4n) is 2.07. The van der Waals surface area contributed by atoms with Crippen LogP contribution in [0.25, 0.3) is 0 Å². The van der Waals surface area contributed by atoms with Crippen LogP contribution in [0.5, 0.6) is 5.75 Å². The molecule has 1 atom stereocenters. The SMILES string of the molecule is CC(COc1ccc(F)cc1F)NC(=O)CNC(=O)c1cccc(Br)c1. The van der Waals surface area contributed by atoms with Crippen molar-refractivity contribution in [3.63, 3.8) is 0 Å². The lowest BCUT2D eigenvalue weighted by Gasteiger charge is -2.15. The van der Waals surface area contributed by atoms with Gasteiger partial charge in [-0.15, -0.1) is 0 Å². The molecule has 0 saturated carbocycles. The number of nitrogens with one attached hydrogen (secondary N) is 2. The van der Waals surface area contributed by atoms with E-state index in [1.807, 2.05) is 0 Å². The van der Waals surface area contributed by atoms with Gasteiger partial charge in [0.25, 0.3) is 5.91 Å². The molecule has 0 radical (unpaired) electrons. The Labute approximate surface area is 157 Å². The van der Waals surface area contributed by atoms with Crippen molar-refractivity contribution in [3.05, 3.63) is 64.1 Å². The van der Waals surface area contributed by atoms with Gasteiger partial charge in [0.1, 0.15) is 12.4 Å². The maximum absolute atomic E-state index is 13.5. The van der Waals surface area contributed by atoms with Gasteiger partial charge in [0.2, 0.25) is 5.91 Å². The summed E-state index contributed by atoms with van der Waals surface area (Å²) in [5.41, 5.74) is 0.426. The summed E-state index contributed by atoms with van der Waals surface area (Å²) in [6, 6.07) is 9.32. The summed E-state index contributed by atoms with van der Waals surface area (Å²) in [6.45, 7) is 1.45. The maximum Gasteiger partial charge on any atom is 0.251 e. The summed E-state index contributed by atoms with van der Waals surface area (Å²) < 4.78 is 32.3. The molecule has 2 amide bonds. The van der Waals surface area contributed by atoms with E-state index in [4.69, 9.17) is 4.74 Å². The van der Waals surface area contributed by atoms with Gasteiger partial charge in [0.15, 0.2) is 11.6 Å². The van der Waals surface area contributed by atoms with E-state index < -0.39 is 23.6 Å². The first-order valence-corrected chi connectivity index (χ1v) is 8.55. The molecule has 2 aromatic carbocycles. The highest BCUT2D eigenvalue weighted by Gasteiger charge is 2.12. The summed E-state index contributed by atoms with van der Waals surface area (Å²) in [5.74, 6) is -2.40. The quantitative estimate of drug-likeness (QED) is 0.714. The summed E-state index contributed by atoms with van der Waals surface area (Å²) in [5, 5.41) is 5.12. The van der Waals surface area contributed by atoms with E-state index in [1.54, 1.807) is 31.2 Å². The van der Waals surface area contributed by atoms with Crippen LogP contribution in [0.15, 0.2) is 46.9 Å². The highest BCUT2D eigenvalue weighted by molar-refractivity contribution is 9.10. The number of halogens is 3. The van der Waals surface area contributed by atoms with E-state index >= 15 is 0 Å². The molecule has 0 bridgehead atoms. The minimum absolute atomic E-state index is 0.00608. The predicted octanol–water partition coefficient (Wildman–Crippen LogP) is 3.04. The van der Waals surface area contributed by atoms with Gasteiger partial charge >= 0.3 is 0 Å². The average Bonchev–Trinajstić information content (AvgIpc) is 2.59. The predicted molar refractivity (Wildman–Crippen MR) is 95.9 cm³/mol. The molecule has 0 spiro atoms. The summed E-state index contributed by atoms with van der Waals surface area (Å²) in [7, 11) is 0. The van der Waals surface area contributed by atoms with Gasteiger partial charge < -0.3 is 15.4 Å². The van der Waals surface area contributed by atoms with Crippen LogP contribution in [0, 0.1) is 11.6 Å². The number of hydrogen-bond donors (Lipinski definition) is 2. The van der Waals surface area contributed by atoms with Crippen molar-refractivity contribution >= 4 is 27.7 Å². The summed E-state index contributed by atoms with van der Waals surface area (Å²) in [6.07, 6.45) is 0. The van der Waals surface area contributed by atoms with Crippen molar-refractivity contribution in [2.45, 2.75) is 13.0 Å². The molecular weight excluding hydrogens is 410 g/mol. The molecule has 0 fully saturated rings. The topological polar surface area (TPSA) is 67.4 Å². The fraction of sp³-hybridized carbons (Fsp3) is 0.222. The molecule has 138 valence electrons. The van der Waals surface area contributed by atoms with Crippen LogP contribution in [0.2, 0.25) is 0 Å². The second-order valence-corrected chi connectivity index (χ2v) is 6.46. The Balaban J connectivity index is 1.75. The Morgan fingerprint density at radius 1 is 1.19 bits per heavy atom. The van der Waals surface area contributed by atoms with Gasteiger partial charge in [-0.25, -0.2) is 8.78 Å². The Kier molecular flexibility index (Phi) is 7.08. The van der Waals surface area contributed by atoms with Crippen LogP contribution in [0.4, 0.5) is 8.78 Å². The molecule has 2 rings (SSSR count). The Morgan fingerprint density at radius 2 is 1.96 bits per heavy atom. The van der Waals surface area contributed by atoms with Crippen LogP contribution in [0.3, 0.4) is 0 Å². The zero-order valence-corrected chi connectivity index (χ0v) is 15.5. The number of carbonyl (C=O) groups excluding carboxylic acids is 2. The van der Waals surface area contributed by atoms with E-state index in [-0.39, 0.29) is 24.8 Å². The molecule has 0 aliphatic heterocycles. The van der Waals surface area contributed by atoms with E-state index in [0.29, 0.717) is 5.56 Å². The second-order valence-electron chi connectivity index (χ2n) is 5.55. The number of carbonyl (C=O) groups is 2. The third-order valence-corrected chi connectivity index (χ3v) is 3.78. The minimum Gasteiger partial charge on any atom is -0.488 e. The summed E-state index contributed by atoms with van der Waals surface area (Å²) in [4.78, 5) is 23.8. The van der Waals surface area contributed by atoms with E-state index in [1.165, 1.54) is 6.07 Å². The number of amides is 2. The lowest BCUT2D eigenvalue weighted by Crippen LogP contribution is -2.43. The standard InChI is InChI=1S/C18H17BrF2N2O3/c1-11(10-26-16-6-5-14(20)8-15(16)21)23-17(24)9-22-18(25)12-3-2-4-13(19)7-12/h2-8,11H,9-10H2,1H3,(H,22,25)(H,23,24). The van der Waals surface area contributed by atoms with Gasteiger partial charge in [0.05, 0.1) is 12.6 Å². The molecule has 8 heteroatoms. The molecule has 1 unspecified atom stereocenters. The first-order chi connectivity index (χ1) is 12.3. The van der Waals surface area contributed by atoms with Crippen molar-refractivity contribution in [2.24, 2.45) is 0 Å². The molecule has 0 heterocycles. The van der Waals surface area contributed by atoms with Gasteiger partial charge in [-0.1, -0.05) is 22.0 Å². The number of benzene rings is 2. The molecule has 0 aromatic heterocycles. The molecule has 5 nitrogen and oxygen atoms in total. The van der Waals surface area contributed by atoms with E-state index in [0.717, 1.165) is 16.6 Å². The van der Waals surface area contributed by atoms with Crippen molar-refractivity contribution in [1.29, 1.82) is 0 Å². The van der Waals surface area contributed by atoms with Crippen molar-refractivity contribution < 1.29 is 23.1 Å². The fourth-order valence-corrected chi connectivity index (χ4v) is 2.47. The van der Waals surface area contributed by atoms with Gasteiger partial charge in [-0.2, -0.15) is 0 Å². The molecule has 0 saturated heterocycles. The Bertz CT molecular complexity index is 802. The molecule has 26 heavy (non-hydrogen) atoms. The molecule has 0 aliphatic rings. The third-order valence-electron chi connectivity index (χ3n) is 3.29. The van der Waals surface area contributed by atoms with Crippen LogP contribution in [-0.2, 0) is 4.79 Å². The third kappa shape index (κ3) is 6.11. The maximum atomic E-state index is 13.5.